The summed E-state index contributed by atoms with van der Waals surface area (Å²) in [6.45, 7) is 19.9. The third kappa shape index (κ3) is 7.35. The molecular weight excluding hydrogens is 428 g/mol. The van der Waals surface area contributed by atoms with Gasteiger partial charge >= 0.3 is 92.4 Å². The van der Waals surface area contributed by atoms with Crippen molar-refractivity contribution in [2.24, 2.45) is 5.92 Å². The van der Waals surface area contributed by atoms with Gasteiger partial charge in [-0.2, -0.15) is 0 Å². The summed E-state index contributed by atoms with van der Waals surface area (Å²) in [5.41, 5.74) is 8.11. The van der Waals surface area contributed by atoms with Gasteiger partial charge in [0.15, 0.2) is 0 Å². The van der Waals surface area contributed by atoms with E-state index in [4.69, 9.17) is 4.74 Å². The van der Waals surface area contributed by atoms with Crippen molar-refractivity contribution >= 4 is 12.2 Å². The van der Waals surface area contributed by atoms with Crippen molar-refractivity contribution in [2.75, 3.05) is 0 Å². The third-order valence-corrected chi connectivity index (χ3v) is 12.0. The molecule has 0 saturated heterocycles. The first-order chi connectivity index (χ1) is 14.7. The van der Waals surface area contributed by atoms with Crippen LogP contribution in [0.25, 0.3) is 5.57 Å². The number of hydrogen-bond acceptors (Lipinski definition) is 1. The van der Waals surface area contributed by atoms with E-state index in [1.54, 1.807) is 29.1 Å². The molecule has 31 heavy (non-hydrogen) atoms. The first kappa shape index (κ1) is 25.4. The zero-order valence-electron chi connectivity index (χ0n) is 20.1. The fourth-order valence-electron chi connectivity index (χ4n) is 3.59. The van der Waals surface area contributed by atoms with E-state index >= 15 is 0 Å². The van der Waals surface area contributed by atoms with Crippen LogP contribution in [-0.4, -0.2) is 6.66 Å². The number of hydrogen-bond donors (Lipinski definition) is 0. The van der Waals surface area contributed by atoms with E-state index in [0.29, 0.717) is 0 Å². The molecular formula is C28H36OSiTi. The number of ether oxygens (including phenoxy) is 1. The third-order valence-electron chi connectivity index (χ3n) is 5.72. The van der Waals surface area contributed by atoms with Crippen molar-refractivity contribution in [1.29, 1.82) is 0 Å². The van der Waals surface area contributed by atoms with E-state index in [-0.39, 0.29) is 25.1 Å². The summed E-state index contributed by atoms with van der Waals surface area (Å²) in [4.78, 5) is 0. The molecule has 0 heterocycles. The van der Waals surface area contributed by atoms with E-state index in [1.165, 1.54) is 5.56 Å². The maximum absolute atomic E-state index is 5.66. The van der Waals surface area contributed by atoms with Crippen LogP contribution in [0.1, 0.15) is 38.8 Å². The van der Waals surface area contributed by atoms with Gasteiger partial charge in [-0.05, 0) is 30.2 Å². The van der Waals surface area contributed by atoms with Gasteiger partial charge in [-0.3, -0.25) is 0 Å². The van der Waals surface area contributed by atoms with Gasteiger partial charge in [-0.15, -0.1) is 0 Å². The topological polar surface area (TPSA) is 9.23 Å². The van der Waals surface area contributed by atoms with Gasteiger partial charge in [0.2, 0.25) is 0 Å². The molecule has 0 spiro atoms. The summed E-state index contributed by atoms with van der Waals surface area (Å²) >= 11 is 0.267. The molecule has 2 aromatic carbocycles. The van der Waals surface area contributed by atoms with Crippen LogP contribution in [0.2, 0.25) is 13.1 Å². The SMILES string of the molecule is C=CC(=COc1cccc(C)c1)c1ccccc1.CC1=C(C)C(C)[C]([Ti][SiH](C)C)=C1C. The van der Waals surface area contributed by atoms with Gasteiger partial charge in [-0.25, -0.2) is 0 Å². The van der Waals surface area contributed by atoms with E-state index < -0.39 is 0 Å². The second-order valence-corrected chi connectivity index (χ2v) is 18.6. The zero-order valence-corrected chi connectivity index (χ0v) is 22.8. The molecule has 0 radical (unpaired) electrons. The van der Waals surface area contributed by atoms with E-state index in [1.807, 2.05) is 65.4 Å². The average Bonchev–Trinajstić information content (AvgIpc) is 2.93. The summed E-state index contributed by atoms with van der Waals surface area (Å²) in [5.74, 6) is 1.63. The first-order valence-corrected chi connectivity index (χ1v) is 17.4. The Morgan fingerprint density at radius 1 is 0.968 bits per heavy atom. The maximum atomic E-state index is 5.66. The summed E-state index contributed by atoms with van der Waals surface area (Å²) in [7, 11) is 0. The van der Waals surface area contributed by atoms with Crippen molar-refractivity contribution < 1.29 is 23.1 Å². The van der Waals surface area contributed by atoms with Crippen LogP contribution >= 0.6 is 0 Å². The van der Waals surface area contributed by atoms with Gasteiger partial charge in [0.25, 0.3) is 0 Å². The molecule has 0 saturated carbocycles. The molecule has 0 fully saturated rings. The fourth-order valence-corrected chi connectivity index (χ4v) is 10.4. The Hall–Kier alpha value is -1.87. The van der Waals surface area contributed by atoms with Gasteiger partial charge in [0.1, 0.15) is 5.75 Å². The molecule has 3 rings (SSSR count). The van der Waals surface area contributed by atoms with Crippen molar-refractivity contribution in [1.82, 2.24) is 0 Å². The zero-order chi connectivity index (χ0) is 23.0. The van der Waals surface area contributed by atoms with Crippen LogP contribution in [0.5, 0.6) is 5.75 Å². The van der Waals surface area contributed by atoms with Gasteiger partial charge in [0.05, 0.1) is 6.26 Å². The Bertz CT molecular complexity index is 983. The molecule has 1 unspecified atom stereocenters. The fraction of sp³-hybridized carbons (Fsp3) is 0.286. The molecule has 0 aromatic heterocycles. The Labute approximate surface area is 199 Å². The van der Waals surface area contributed by atoms with Crippen LogP contribution in [0.15, 0.2) is 94.1 Å². The quantitative estimate of drug-likeness (QED) is 0.240. The van der Waals surface area contributed by atoms with E-state index in [2.05, 4.69) is 47.4 Å². The van der Waals surface area contributed by atoms with Gasteiger partial charge in [0, 0.05) is 5.57 Å². The second kappa shape index (κ2) is 12.2. The number of benzene rings is 2. The Balaban J connectivity index is 0.000000233. The Kier molecular flexibility index (Phi) is 10.0. The Morgan fingerprint density at radius 2 is 1.65 bits per heavy atom. The van der Waals surface area contributed by atoms with Crippen LogP contribution in [0.3, 0.4) is 0 Å². The first-order valence-electron chi connectivity index (χ1n) is 11.0. The molecule has 1 atom stereocenters. The molecule has 1 aliphatic carbocycles. The molecule has 0 amide bonds. The molecule has 0 bridgehead atoms. The minimum absolute atomic E-state index is 0.267. The van der Waals surface area contributed by atoms with Crippen molar-refractivity contribution in [3.8, 4) is 5.75 Å². The predicted octanol–water partition coefficient (Wildman–Crippen LogP) is 7.91. The van der Waals surface area contributed by atoms with Crippen molar-refractivity contribution in [2.45, 2.75) is 47.7 Å². The van der Waals surface area contributed by atoms with Gasteiger partial charge in [-0.1, -0.05) is 55.1 Å². The van der Waals surface area contributed by atoms with Crippen LogP contribution in [-0.2, 0) is 18.4 Å². The molecule has 2 aromatic rings. The Morgan fingerprint density at radius 3 is 2.16 bits per heavy atom. The summed E-state index contributed by atoms with van der Waals surface area (Å²) in [6.07, 6.45) is 3.53. The van der Waals surface area contributed by atoms with E-state index in [0.717, 1.165) is 22.8 Å². The van der Waals surface area contributed by atoms with Gasteiger partial charge < -0.3 is 4.74 Å². The summed E-state index contributed by atoms with van der Waals surface area (Å²) < 4.78 is 7.52. The second-order valence-electron chi connectivity index (χ2n) is 8.45. The number of rotatable bonds is 6. The predicted molar refractivity (Wildman–Crippen MR) is 136 cm³/mol. The molecule has 3 heteroatoms. The standard InChI is InChI=1S/C17H16O.C9H13.C2H7Si.Ti/c1-3-15(16-9-5-4-6-10-16)13-18-17-11-7-8-14(2)12-17;1-6-5-7(2)9(4)8(6)3;1-3-2;/h3-13H,1H2,2H3;6H,1-4H3;3H,1-2H3;. The summed E-state index contributed by atoms with van der Waals surface area (Å²) in [6, 6.07) is 18.0. The van der Waals surface area contributed by atoms with Crippen molar-refractivity contribution in [3.05, 3.63) is 105 Å². The van der Waals surface area contributed by atoms with Crippen molar-refractivity contribution in [3.63, 3.8) is 0 Å². The number of aryl methyl sites for hydroxylation is 1. The minimum atomic E-state index is -0.315. The molecule has 1 aliphatic rings. The van der Waals surface area contributed by atoms with Crippen LogP contribution in [0, 0.1) is 12.8 Å². The normalized spacial score (nSPS) is 16.3. The number of allylic oxidation sites excluding steroid dienone is 6. The molecule has 162 valence electrons. The van der Waals surface area contributed by atoms with Crippen LogP contribution in [0.4, 0.5) is 0 Å². The monoisotopic (exact) mass is 464 g/mol. The van der Waals surface area contributed by atoms with E-state index in [9.17, 15) is 0 Å². The molecule has 0 aliphatic heterocycles. The average molecular weight is 465 g/mol. The van der Waals surface area contributed by atoms with Crippen LogP contribution < -0.4 is 4.74 Å². The summed E-state index contributed by atoms with van der Waals surface area (Å²) in [5, 5.41) is 0. The molecule has 1 nitrogen and oxygen atoms in total. The molecule has 0 N–H and O–H groups in total.